The van der Waals surface area contributed by atoms with E-state index >= 15 is 0 Å². The molecule has 1 fully saturated rings. The van der Waals surface area contributed by atoms with Gasteiger partial charge in [-0.15, -0.1) is 35.3 Å². The Bertz CT molecular complexity index is 500. The molecular formula is C16H27ClIN3OS. The summed E-state index contributed by atoms with van der Waals surface area (Å²) in [5.74, 6) is 0.781. The average Bonchev–Trinajstić information content (AvgIpc) is 2.90. The molecule has 1 atom stereocenters. The van der Waals surface area contributed by atoms with Crippen LogP contribution in [0.15, 0.2) is 17.1 Å². The number of thiophene rings is 1. The smallest absolute Gasteiger partial charge is 0.191 e. The zero-order valence-electron chi connectivity index (χ0n) is 13.8. The van der Waals surface area contributed by atoms with Crippen LogP contribution in [-0.2, 0) is 0 Å². The van der Waals surface area contributed by atoms with E-state index < -0.39 is 6.10 Å². The minimum absolute atomic E-state index is 0. The van der Waals surface area contributed by atoms with Gasteiger partial charge in [-0.3, -0.25) is 4.99 Å². The van der Waals surface area contributed by atoms with Crippen LogP contribution in [0.5, 0.6) is 0 Å². The fourth-order valence-electron chi connectivity index (χ4n) is 2.69. The van der Waals surface area contributed by atoms with Crippen LogP contribution in [0.2, 0.25) is 4.34 Å². The molecule has 1 heterocycles. The summed E-state index contributed by atoms with van der Waals surface area (Å²) in [6, 6.07) is 3.68. The molecule has 7 heteroatoms. The van der Waals surface area contributed by atoms with E-state index in [-0.39, 0.29) is 24.0 Å². The van der Waals surface area contributed by atoms with E-state index in [0.29, 0.717) is 16.3 Å². The van der Waals surface area contributed by atoms with Crippen molar-refractivity contribution >= 4 is 52.9 Å². The number of hydrogen-bond acceptors (Lipinski definition) is 3. The second-order valence-electron chi connectivity index (χ2n) is 5.94. The van der Waals surface area contributed by atoms with Crippen LogP contribution in [0, 0.1) is 5.41 Å². The summed E-state index contributed by atoms with van der Waals surface area (Å²) < 4.78 is 0.699. The molecule has 0 aliphatic heterocycles. The first-order valence-electron chi connectivity index (χ1n) is 8.04. The molecule has 0 amide bonds. The van der Waals surface area contributed by atoms with Crippen LogP contribution in [0.1, 0.15) is 50.5 Å². The van der Waals surface area contributed by atoms with Crippen molar-refractivity contribution < 1.29 is 5.11 Å². The largest absolute Gasteiger partial charge is 0.386 e. The second kappa shape index (κ2) is 10.1. The van der Waals surface area contributed by atoms with Gasteiger partial charge >= 0.3 is 0 Å². The lowest BCUT2D eigenvalue weighted by Gasteiger charge is -2.40. The van der Waals surface area contributed by atoms with Crippen LogP contribution < -0.4 is 10.6 Å². The quantitative estimate of drug-likeness (QED) is 0.317. The Morgan fingerprint density at radius 3 is 2.61 bits per heavy atom. The maximum absolute atomic E-state index is 10.2. The molecule has 4 nitrogen and oxygen atoms in total. The SMILES string of the molecule is CCNC(=NCC1(CC)CCC1)NCC(O)c1ccc(Cl)s1.I. The van der Waals surface area contributed by atoms with Crippen molar-refractivity contribution in [2.45, 2.75) is 45.6 Å². The van der Waals surface area contributed by atoms with Gasteiger partial charge in [-0.25, -0.2) is 0 Å². The summed E-state index contributed by atoms with van der Waals surface area (Å²) in [4.78, 5) is 5.58. The van der Waals surface area contributed by atoms with Crippen LogP contribution in [0.4, 0.5) is 0 Å². The monoisotopic (exact) mass is 471 g/mol. The highest BCUT2D eigenvalue weighted by atomic mass is 127. The topological polar surface area (TPSA) is 56.7 Å². The molecule has 0 radical (unpaired) electrons. The van der Waals surface area contributed by atoms with Crippen LogP contribution in [0.3, 0.4) is 0 Å². The summed E-state index contributed by atoms with van der Waals surface area (Å²) in [6.07, 6.45) is 4.51. The Labute approximate surface area is 165 Å². The number of aliphatic hydroxyl groups is 1. The van der Waals surface area contributed by atoms with E-state index in [2.05, 4.69) is 17.6 Å². The number of hydrogen-bond donors (Lipinski definition) is 3. The van der Waals surface area contributed by atoms with E-state index in [9.17, 15) is 5.11 Å². The van der Waals surface area contributed by atoms with Crippen molar-refractivity contribution in [3.8, 4) is 0 Å². The Morgan fingerprint density at radius 1 is 1.39 bits per heavy atom. The van der Waals surface area contributed by atoms with Gasteiger partial charge in [-0.05, 0) is 43.7 Å². The van der Waals surface area contributed by atoms with Crippen molar-refractivity contribution in [1.82, 2.24) is 10.6 Å². The standard InChI is InChI=1S/C16H26ClN3OS.HI/c1-3-16(8-5-9-16)11-20-15(18-4-2)19-10-12(21)13-6-7-14(17)22-13;/h6-7,12,21H,3-5,8-11H2,1-2H3,(H2,18,19,20);1H. The van der Waals surface area contributed by atoms with Gasteiger partial charge in [-0.1, -0.05) is 24.9 Å². The van der Waals surface area contributed by atoms with Crippen molar-refractivity contribution in [3.63, 3.8) is 0 Å². The molecular weight excluding hydrogens is 445 g/mol. The first-order chi connectivity index (χ1) is 10.6. The first-order valence-corrected chi connectivity index (χ1v) is 9.23. The lowest BCUT2D eigenvalue weighted by molar-refractivity contribution is 0.139. The molecule has 132 valence electrons. The van der Waals surface area contributed by atoms with E-state index in [1.165, 1.54) is 37.0 Å². The van der Waals surface area contributed by atoms with Gasteiger partial charge in [0, 0.05) is 24.5 Å². The minimum atomic E-state index is -0.565. The predicted molar refractivity (Wildman–Crippen MR) is 110 cm³/mol. The fraction of sp³-hybridized carbons (Fsp3) is 0.688. The number of aliphatic hydroxyl groups excluding tert-OH is 1. The third-order valence-electron chi connectivity index (χ3n) is 4.47. The molecule has 23 heavy (non-hydrogen) atoms. The molecule has 0 aromatic carbocycles. The number of guanidine groups is 1. The van der Waals surface area contributed by atoms with E-state index in [4.69, 9.17) is 16.6 Å². The Kier molecular flexibility index (Phi) is 9.18. The van der Waals surface area contributed by atoms with Crippen molar-refractivity contribution in [3.05, 3.63) is 21.3 Å². The van der Waals surface area contributed by atoms with Crippen molar-refractivity contribution in [1.29, 1.82) is 0 Å². The van der Waals surface area contributed by atoms with Gasteiger partial charge in [0.25, 0.3) is 0 Å². The van der Waals surface area contributed by atoms with Gasteiger partial charge in [0.15, 0.2) is 5.96 Å². The molecule has 2 rings (SSSR count). The fourth-order valence-corrected chi connectivity index (χ4v) is 3.74. The average molecular weight is 472 g/mol. The Morgan fingerprint density at radius 2 is 2.13 bits per heavy atom. The third kappa shape index (κ3) is 6.07. The maximum Gasteiger partial charge on any atom is 0.191 e. The molecule has 1 aromatic heterocycles. The molecule has 0 spiro atoms. The zero-order valence-corrected chi connectivity index (χ0v) is 17.7. The molecule has 3 N–H and O–H groups in total. The third-order valence-corrected chi connectivity index (χ3v) is 5.80. The molecule has 0 bridgehead atoms. The number of halogens is 2. The Balaban J connectivity index is 0.00000264. The van der Waals surface area contributed by atoms with Gasteiger partial charge in [0.2, 0.25) is 0 Å². The minimum Gasteiger partial charge on any atom is -0.386 e. The summed E-state index contributed by atoms with van der Waals surface area (Å²) in [5.41, 5.74) is 0.405. The maximum atomic E-state index is 10.2. The molecule has 1 aromatic rings. The molecule has 1 aliphatic carbocycles. The highest BCUT2D eigenvalue weighted by Gasteiger charge is 2.34. The van der Waals surface area contributed by atoms with Crippen LogP contribution >= 0.6 is 46.9 Å². The lowest BCUT2D eigenvalue weighted by Crippen LogP contribution is -2.41. The van der Waals surface area contributed by atoms with Crippen LogP contribution in [0.25, 0.3) is 0 Å². The summed E-state index contributed by atoms with van der Waals surface area (Å²) in [6.45, 7) is 6.40. The highest BCUT2D eigenvalue weighted by Crippen LogP contribution is 2.43. The number of nitrogens with zero attached hydrogens (tertiary/aromatic N) is 1. The molecule has 1 unspecified atom stereocenters. The normalized spacial score (nSPS) is 17.8. The number of rotatable bonds is 7. The zero-order chi connectivity index (χ0) is 16.0. The number of aliphatic imine (C=N–C) groups is 1. The summed E-state index contributed by atoms with van der Waals surface area (Å²) >= 11 is 7.32. The van der Waals surface area contributed by atoms with Gasteiger partial charge in [0.1, 0.15) is 6.10 Å². The molecule has 1 saturated carbocycles. The lowest BCUT2D eigenvalue weighted by atomic mass is 9.67. The summed E-state index contributed by atoms with van der Waals surface area (Å²) in [7, 11) is 0. The highest BCUT2D eigenvalue weighted by molar-refractivity contribution is 14.0. The second-order valence-corrected chi connectivity index (χ2v) is 7.69. The van der Waals surface area contributed by atoms with E-state index in [0.717, 1.165) is 23.9 Å². The van der Waals surface area contributed by atoms with Crippen molar-refractivity contribution in [2.75, 3.05) is 19.6 Å². The molecule has 0 saturated heterocycles. The van der Waals surface area contributed by atoms with E-state index in [1.807, 2.05) is 19.1 Å². The van der Waals surface area contributed by atoms with Crippen molar-refractivity contribution in [2.24, 2.45) is 10.4 Å². The van der Waals surface area contributed by atoms with Gasteiger partial charge in [-0.2, -0.15) is 0 Å². The first kappa shape index (κ1) is 21.0. The summed E-state index contributed by atoms with van der Waals surface area (Å²) in [5, 5.41) is 16.7. The predicted octanol–water partition coefficient (Wildman–Crippen LogP) is 4.19. The van der Waals surface area contributed by atoms with Gasteiger partial charge in [0.05, 0.1) is 4.34 Å². The van der Waals surface area contributed by atoms with Gasteiger partial charge < -0.3 is 15.7 Å². The van der Waals surface area contributed by atoms with E-state index in [1.54, 1.807) is 0 Å². The number of nitrogens with one attached hydrogen (secondary N) is 2. The van der Waals surface area contributed by atoms with Crippen LogP contribution in [-0.4, -0.2) is 30.7 Å². The Hall–Kier alpha value is -0.0500. The molecule has 1 aliphatic rings.